The molecular weight excluding hydrogens is 292 g/mol. The van der Waals surface area contributed by atoms with Crippen molar-refractivity contribution >= 4 is 32.8 Å². The molecule has 2 rings (SSSR count). The molecule has 1 saturated heterocycles. The van der Waals surface area contributed by atoms with Crippen molar-refractivity contribution < 1.29 is 13.3 Å². The van der Waals surface area contributed by atoms with Crippen LogP contribution in [0, 0.1) is 10.1 Å². The average Bonchev–Trinajstić information content (AvgIpc) is 2.33. The third-order valence-electron chi connectivity index (χ3n) is 3.09. The summed E-state index contributed by atoms with van der Waals surface area (Å²) < 4.78 is 22.7. The van der Waals surface area contributed by atoms with Crippen LogP contribution in [0.15, 0.2) is 18.2 Å². The van der Waals surface area contributed by atoms with Gasteiger partial charge < -0.3 is 5.32 Å². The standard InChI is InChI=1S/C11H13ClN2O4S/c12-9-2-1-3-10(14(15)16)11(9)13-8-4-6-19(17,18)7-5-8/h1-3,8,13H,4-7H2. The molecule has 0 spiro atoms. The number of nitrogens with one attached hydrogen (secondary N) is 1. The molecule has 0 unspecified atom stereocenters. The lowest BCUT2D eigenvalue weighted by atomic mass is 10.1. The highest BCUT2D eigenvalue weighted by Gasteiger charge is 2.26. The number of hydrogen-bond donors (Lipinski definition) is 1. The van der Waals surface area contributed by atoms with Crippen LogP contribution in [0.1, 0.15) is 12.8 Å². The van der Waals surface area contributed by atoms with Crippen LogP contribution in [0.25, 0.3) is 0 Å². The third kappa shape index (κ3) is 3.36. The van der Waals surface area contributed by atoms with E-state index in [1.807, 2.05) is 0 Å². The molecule has 6 nitrogen and oxygen atoms in total. The number of nitrogens with zero attached hydrogens (tertiary/aromatic N) is 1. The molecule has 0 radical (unpaired) electrons. The number of hydrogen-bond acceptors (Lipinski definition) is 5. The first-order valence-corrected chi connectivity index (χ1v) is 7.99. The number of rotatable bonds is 3. The second-order valence-corrected chi connectivity index (χ2v) is 7.17. The molecular formula is C11H13ClN2O4S. The molecule has 104 valence electrons. The lowest BCUT2D eigenvalue weighted by molar-refractivity contribution is -0.384. The van der Waals surface area contributed by atoms with Crippen molar-refractivity contribution in [2.75, 3.05) is 16.8 Å². The first kappa shape index (κ1) is 14.1. The third-order valence-corrected chi connectivity index (χ3v) is 5.12. The number of nitro groups is 1. The van der Waals surface area contributed by atoms with Crippen molar-refractivity contribution in [3.8, 4) is 0 Å². The summed E-state index contributed by atoms with van der Waals surface area (Å²) in [4.78, 5) is 10.4. The predicted molar refractivity (Wildman–Crippen MR) is 73.4 cm³/mol. The zero-order valence-corrected chi connectivity index (χ0v) is 11.6. The van der Waals surface area contributed by atoms with Crippen molar-refractivity contribution in [1.29, 1.82) is 0 Å². The number of nitro benzene ring substituents is 1. The van der Waals surface area contributed by atoms with Gasteiger partial charge in [-0.1, -0.05) is 17.7 Å². The molecule has 1 aliphatic heterocycles. The minimum absolute atomic E-state index is 0.0964. The largest absolute Gasteiger partial charge is 0.375 e. The van der Waals surface area contributed by atoms with E-state index in [1.54, 1.807) is 6.07 Å². The molecule has 0 aromatic heterocycles. The van der Waals surface area contributed by atoms with Crippen LogP contribution in [0.4, 0.5) is 11.4 Å². The Kier molecular flexibility index (Phi) is 3.96. The van der Waals surface area contributed by atoms with E-state index in [4.69, 9.17) is 11.6 Å². The Bertz CT molecular complexity index is 589. The van der Waals surface area contributed by atoms with E-state index in [-0.39, 0.29) is 33.9 Å². The Morgan fingerprint density at radius 2 is 1.95 bits per heavy atom. The fourth-order valence-electron chi connectivity index (χ4n) is 2.05. The van der Waals surface area contributed by atoms with Crippen molar-refractivity contribution in [2.24, 2.45) is 0 Å². The number of benzene rings is 1. The van der Waals surface area contributed by atoms with Gasteiger partial charge in [-0.15, -0.1) is 0 Å². The molecule has 1 aliphatic rings. The molecule has 1 fully saturated rings. The maximum atomic E-state index is 11.3. The van der Waals surface area contributed by atoms with Crippen LogP contribution in [-0.2, 0) is 9.84 Å². The van der Waals surface area contributed by atoms with Crippen LogP contribution in [-0.4, -0.2) is 30.9 Å². The second-order valence-electron chi connectivity index (χ2n) is 4.46. The summed E-state index contributed by atoms with van der Waals surface area (Å²) in [6.45, 7) is 0. The zero-order valence-electron chi connectivity index (χ0n) is 10.0. The molecule has 0 atom stereocenters. The average molecular weight is 305 g/mol. The van der Waals surface area contributed by atoms with Gasteiger partial charge >= 0.3 is 0 Å². The van der Waals surface area contributed by atoms with Gasteiger partial charge in [0.05, 0.1) is 21.5 Å². The van der Waals surface area contributed by atoms with Crippen LogP contribution >= 0.6 is 11.6 Å². The SMILES string of the molecule is O=[N+]([O-])c1cccc(Cl)c1NC1CCS(=O)(=O)CC1. The second kappa shape index (κ2) is 5.34. The van der Waals surface area contributed by atoms with Crippen LogP contribution in [0.5, 0.6) is 0 Å². The highest BCUT2D eigenvalue weighted by molar-refractivity contribution is 7.91. The van der Waals surface area contributed by atoms with E-state index < -0.39 is 14.8 Å². The summed E-state index contributed by atoms with van der Waals surface area (Å²) >= 11 is 5.96. The number of sulfone groups is 1. The summed E-state index contributed by atoms with van der Waals surface area (Å²) in [5.41, 5.74) is 0.166. The first-order chi connectivity index (χ1) is 8.89. The van der Waals surface area contributed by atoms with Crippen LogP contribution < -0.4 is 5.32 Å². The highest BCUT2D eigenvalue weighted by atomic mass is 35.5. The maximum absolute atomic E-state index is 11.3. The van der Waals surface area contributed by atoms with Crippen molar-refractivity contribution in [3.63, 3.8) is 0 Å². The zero-order chi connectivity index (χ0) is 14.0. The van der Waals surface area contributed by atoms with Crippen LogP contribution in [0.3, 0.4) is 0 Å². The molecule has 1 aromatic rings. The number of halogens is 1. The van der Waals surface area contributed by atoms with E-state index in [9.17, 15) is 18.5 Å². The lowest BCUT2D eigenvalue weighted by Gasteiger charge is -2.24. The lowest BCUT2D eigenvalue weighted by Crippen LogP contribution is -2.32. The van der Waals surface area contributed by atoms with Gasteiger partial charge in [-0.2, -0.15) is 0 Å². The molecule has 1 N–H and O–H groups in total. The van der Waals surface area contributed by atoms with Crippen LogP contribution in [0.2, 0.25) is 5.02 Å². The van der Waals surface area contributed by atoms with Gasteiger partial charge in [-0.25, -0.2) is 8.42 Å². The summed E-state index contributed by atoms with van der Waals surface area (Å²) in [6, 6.07) is 4.34. The van der Waals surface area contributed by atoms with Gasteiger partial charge in [0, 0.05) is 12.1 Å². The molecule has 0 bridgehead atoms. The quantitative estimate of drug-likeness (QED) is 0.683. The Morgan fingerprint density at radius 1 is 1.32 bits per heavy atom. The Hall–Kier alpha value is -1.34. The summed E-state index contributed by atoms with van der Waals surface area (Å²) in [5.74, 6) is 0.200. The normalized spacial score (nSPS) is 19.0. The fraction of sp³-hybridized carbons (Fsp3) is 0.455. The summed E-state index contributed by atoms with van der Waals surface area (Å²) in [6.07, 6.45) is 0.870. The first-order valence-electron chi connectivity index (χ1n) is 5.79. The fourth-order valence-corrected chi connectivity index (χ4v) is 3.76. The summed E-state index contributed by atoms with van der Waals surface area (Å²) in [7, 11) is -2.95. The van der Waals surface area contributed by atoms with E-state index in [0.717, 1.165) is 0 Å². The van der Waals surface area contributed by atoms with E-state index in [0.29, 0.717) is 12.8 Å². The Morgan fingerprint density at radius 3 is 2.53 bits per heavy atom. The van der Waals surface area contributed by atoms with Gasteiger partial charge in [0.25, 0.3) is 5.69 Å². The molecule has 1 aromatic carbocycles. The smallest absolute Gasteiger partial charge is 0.293 e. The molecule has 8 heteroatoms. The predicted octanol–water partition coefficient (Wildman–Crippen LogP) is 2.24. The van der Waals surface area contributed by atoms with Gasteiger partial charge in [-0.05, 0) is 18.9 Å². The minimum Gasteiger partial charge on any atom is -0.375 e. The minimum atomic E-state index is -2.95. The molecule has 0 amide bonds. The Labute approximate surface area is 115 Å². The monoisotopic (exact) mass is 304 g/mol. The van der Waals surface area contributed by atoms with E-state index >= 15 is 0 Å². The molecule has 0 aliphatic carbocycles. The van der Waals surface area contributed by atoms with Gasteiger partial charge in [0.1, 0.15) is 15.5 Å². The van der Waals surface area contributed by atoms with Gasteiger partial charge in [0.15, 0.2) is 0 Å². The van der Waals surface area contributed by atoms with E-state index in [1.165, 1.54) is 12.1 Å². The highest BCUT2D eigenvalue weighted by Crippen LogP contribution is 2.33. The summed E-state index contributed by atoms with van der Waals surface area (Å²) in [5, 5.41) is 14.2. The number of para-hydroxylation sites is 1. The molecule has 19 heavy (non-hydrogen) atoms. The maximum Gasteiger partial charge on any atom is 0.293 e. The van der Waals surface area contributed by atoms with Crippen molar-refractivity contribution in [2.45, 2.75) is 18.9 Å². The van der Waals surface area contributed by atoms with Gasteiger partial charge in [-0.3, -0.25) is 10.1 Å². The number of anilines is 1. The van der Waals surface area contributed by atoms with Crippen molar-refractivity contribution in [3.05, 3.63) is 33.3 Å². The topological polar surface area (TPSA) is 89.3 Å². The van der Waals surface area contributed by atoms with Crippen molar-refractivity contribution in [1.82, 2.24) is 0 Å². The Balaban J connectivity index is 2.18. The molecule has 1 heterocycles. The van der Waals surface area contributed by atoms with E-state index in [2.05, 4.69) is 5.32 Å². The molecule has 0 saturated carbocycles. The van der Waals surface area contributed by atoms with Gasteiger partial charge in [0.2, 0.25) is 0 Å².